The maximum atomic E-state index is 2.48. The third kappa shape index (κ3) is 20.3. The normalized spacial score (nSPS) is 13.8. The molecule has 0 aromatic heterocycles. The van der Waals surface area contributed by atoms with Crippen LogP contribution >= 0.6 is 0 Å². The van der Waals surface area contributed by atoms with Gasteiger partial charge in [0, 0.05) is 0 Å². The van der Waals surface area contributed by atoms with Crippen molar-refractivity contribution in [3.63, 3.8) is 0 Å². The third-order valence-corrected chi connectivity index (χ3v) is 6.16. The summed E-state index contributed by atoms with van der Waals surface area (Å²) in [5.41, 5.74) is 0. The minimum Gasteiger partial charge on any atom is -0.0654 e. The number of hydrogen-bond donors (Lipinski definition) is 0. The molecular weight excluding hydrogens is 312 g/mol. The summed E-state index contributed by atoms with van der Waals surface area (Å²) in [7, 11) is 0. The lowest BCUT2D eigenvalue weighted by atomic mass is 9.90. The minimum absolute atomic E-state index is 0.946. The Bertz CT molecular complexity index is 244. The molecule has 0 amide bonds. The summed E-state index contributed by atoms with van der Waals surface area (Å²) in [5.74, 6) is 1.89. The van der Waals surface area contributed by atoms with E-state index >= 15 is 0 Å². The standard InChI is InChI=1S/C26H54/c1-5-7-9-10-11-12-13-14-15-16-17-18-19-20-21-23-26(4)24-25(3)22-8-6-2/h25-26H,5-24H2,1-4H3. The van der Waals surface area contributed by atoms with E-state index < -0.39 is 0 Å². The maximum Gasteiger partial charge on any atom is -0.0440 e. The lowest BCUT2D eigenvalue weighted by Crippen LogP contribution is -2.03. The summed E-state index contributed by atoms with van der Waals surface area (Å²) >= 11 is 0. The van der Waals surface area contributed by atoms with Gasteiger partial charge >= 0.3 is 0 Å². The van der Waals surface area contributed by atoms with Crippen LogP contribution in [-0.4, -0.2) is 0 Å². The predicted octanol–water partition coefficient (Wildman–Crippen LogP) is 10.1. The average molecular weight is 367 g/mol. The van der Waals surface area contributed by atoms with Crippen LogP contribution in [0.25, 0.3) is 0 Å². The molecule has 0 heterocycles. The van der Waals surface area contributed by atoms with Crippen LogP contribution in [0.3, 0.4) is 0 Å². The van der Waals surface area contributed by atoms with Gasteiger partial charge in [-0.2, -0.15) is 0 Å². The van der Waals surface area contributed by atoms with Gasteiger partial charge in [0.05, 0.1) is 0 Å². The van der Waals surface area contributed by atoms with Crippen molar-refractivity contribution in [3.8, 4) is 0 Å². The molecule has 0 saturated heterocycles. The predicted molar refractivity (Wildman–Crippen MR) is 122 cm³/mol. The molecule has 0 saturated carbocycles. The summed E-state index contributed by atoms with van der Waals surface area (Å²) in [6.07, 6.45) is 29.2. The first-order chi connectivity index (χ1) is 12.7. The van der Waals surface area contributed by atoms with Crippen LogP contribution in [0.15, 0.2) is 0 Å². The molecule has 0 aromatic carbocycles. The van der Waals surface area contributed by atoms with Crippen molar-refractivity contribution in [3.05, 3.63) is 0 Å². The van der Waals surface area contributed by atoms with E-state index in [9.17, 15) is 0 Å². The van der Waals surface area contributed by atoms with Gasteiger partial charge in [-0.1, -0.05) is 150 Å². The van der Waals surface area contributed by atoms with Crippen molar-refractivity contribution in [2.75, 3.05) is 0 Å². The van der Waals surface area contributed by atoms with Crippen molar-refractivity contribution in [1.29, 1.82) is 0 Å². The summed E-state index contributed by atoms with van der Waals surface area (Å²) in [5, 5.41) is 0. The van der Waals surface area contributed by atoms with Gasteiger partial charge < -0.3 is 0 Å². The van der Waals surface area contributed by atoms with Crippen LogP contribution in [0.2, 0.25) is 0 Å². The van der Waals surface area contributed by atoms with Crippen LogP contribution in [0.1, 0.15) is 156 Å². The summed E-state index contributed by atoms with van der Waals surface area (Å²) in [6, 6.07) is 0. The summed E-state index contributed by atoms with van der Waals surface area (Å²) in [6.45, 7) is 9.55. The van der Waals surface area contributed by atoms with E-state index in [0.717, 1.165) is 11.8 Å². The molecule has 158 valence electrons. The van der Waals surface area contributed by atoms with Crippen molar-refractivity contribution in [2.24, 2.45) is 11.8 Å². The Balaban J connectivity index is 3.17. The fraction of sp³-hybridized carbons (Fsp3) is 1.00. The lowest BCUT2D eigenvalue weighted by molar-refractivity contribution is 0.359. The van der Waals surface area contributed by atoms with Crippen molar-refractivity contribution in [1.82, 2.24) is 0 Å². The van der Waals surface area contributed by atoms with Crippen LogP contribution < -0.4 is 0 Å². The molecule has 0 aliphatic rings. The second-order valence-electron chi connectivity index (χ2n) is 9.33. The molecule has 2 atom stereocenters. The Hall–Kier alpha value is 0. The lowest BCUT2D eigenvalue weighted by Gasteiger charge is -2.16. The fourth-order valence-corrected chi connectivity index (χ4v) is 4.34. The minimum atomic E-state index is 0.946. The van der Waals surface area contributed by atoms with E-state index in [0.29, 0.717) is 0 Å². The molecule has 2 unspecified atom stereocenters. The van der Waals surface area contributed by atoms with Crippen molar-refractivity contribution < 1.29 is 0 Å². The molecule has 0 heteroatoms. The van der Waals surface area contributed by atoms with Crippen LogP contribution in [0.4, 0.5) is 0 Å². The Morgan fingerprint density at radius 1 is 0.385 bits per heavy atom. The third-order valence-electron chi connectivity index (χ3n) is 6.16. The molecule has 0 N–H and O–H groups in total. The Morgan fingerprint density at radius 2 is 0.692 bits per heavy atom. The molecule has 0 aliphatic carbocycles. The number of unbranched alkanes of at least 4 members (excludes halogenated alkanes) is 15. The zero-order chi connectivity index (χ0) is 19.3. The summed E-state index contributed by atoms with van der Waals surface area (Å²) in [4.78, 5) is 0. The molecule has 0 radical (unpaired) electrons. The molecule has 0 spiro atoms. The molecule has 0 aromatic rings. The van der Waals surface area contributed by atoms with Gasteiger partial charge in [-0.25, -0.2) is 0 Å². The molecule has 26 heavy (non-hydrogen) atoms. The topological polar surface area (TPSA) is 0 Å². The second kappa shape index (κ2) is 21.3. The van der Waals surface area contributed by atoms with Crippen molar-refractivity contribution >= 4 is 0 Å². The molecule has 0 rings (SSSR count). The van der Waals surface area contributed by atoms with Gasteiger partial charge in [0.15, 0.2) is 0 Å². The largest absolute Gasteiger partial charge is 0.0654 e. The van der Waals surface area contributed by atoms with E-state index in [1.807, 2.05) is 0 Å². The van der Waals surface area contributed by atoms with E-state index in [4.69, 9.17) is 0 Å². The Morgan fingerprint density at radius 3 is 1.08 bits per heavy atom. The van der Waals surface area contributed by atoms with Crippen molar-refractivity contribution in [2.45, 2.75) is 156 Å². The second-order valence-corrected chi connectivity index (χ2v) is 9.33. The zero-order valence-corrected chi connectivity index (χ0v) is 19.3. The van der Waals surface area contributed by atoms with Gasteiger partial charge in [-0.05, 0) is 18.3 Å². The number of rotatable bonds is 21. The molecule has 0 bridgehead atoms. The highest BCUT2D eigenvalue weighted by Crippen LogP contribution is 2.22. The molecule has 0 fully saturated rings. The van der Waals surface area contributed by atoms with Gasteiger partial charge in [0.1, 0.15) is 0 Å². The maximum absolute atomic E-state index is 2.48. The quantitative estimate of drug-likeness (QED) is 0.177. The highest BCUT2D eigenvalue weighted by atomic mass is 14.1. The zero-order valence-electron chi connectivity index (χ0n) is 19.3. The highest BCUT2D eigenvalue weighted by Gasteiger charge is 2.08. The molecular formula is C26H54. The van der Waals surface area contributed by atoms with E-state index in [1.54, 1.807) is 0 Å². The van der Waals surface area contributed by atoms with Crippen LogP contribution in [-0.2, 0) is 0 Å². The molecule has 0 nitrogen and oxygen atoms in total. The van der Waals surface area contributed by atoms with Crippen LogP contribution in [0.5, 0.6) is 0 Å². The first-order valence-corrected chi connectivity index (χ1v) is 12.7. The van der Waals surface area contributed by atoms with E-state index in [-0.39, 0.29) is 0 Å². The Kier molecular flexibility index (Phi) is 21.3. The van der Waals surface area contributed by atoms with E-state index in [1.165, 1.54) is 128 Å². The monoisotopic (exact) mass is 366 g/mol. The van der Waals surface area contributed by atoms with Gasteiger partial charge in [0.2, 0.25) is 0 Å². The Labute approximate surface area is 168 Å². The first-order valence-electron chi connectivity index (χ1n) is 12.7. The fourth-order valence-electron chi connectivity index (χ4n) is 4.34. The van der Waals surface area contributed by atoms with E-state index in [2.05, 4.69) is 27.7 Å². The van der Waals surface area contributed by atoms with Gasteiger partial charge in [0.25, 0.3) is 0 Å². The smallest absolute Gasteiger partial charge is 0.0440 e. The van der Waals surface area contributed by atoms with Gasteiger partial charge in [-0.15, -0.1) is 0 Å². The summed E-state index contributed by atoms with van der Waals surface area (Å²) < 4.78 is 0. The molecule has 0 aliphatic heterocycles. The SMILES string of the molecule is CCCCCCCCCCCCCCCCCC(C)CC(C)CCCC. The van der Waals surface area contributed by atoms with Crippen LogP contribution in [0, 0.1) is 11.8 Å². The first kappa shape index (κ1) is 26.0. The highest BCUT2D eigenvalue weighted by molar-refractivity contribution is 4.60. The number of hydrogen-bond acceptors (Lipinski definition) is 0. The van der Waals surface area contributed by atoms with Gasteiger partial charge in [-0.3, -0.25) is 0 Å². The average Bonchev–Trinajstić information content (AvgIpc) is 2.63.